The van der Waals surface area contributed by atoms with E-state index in [9.17, 15) is 4.79 Å². The maximum absolute atomic E-state index is 12.6. The second kappa shape index (κ2) is 7.47. The molecule has 122 valence electrons. The lowest BCUT2D eigenvalue weighted by atomic mass is 9.72. The van der Waals surface area contributed by atoms with E-state index in [1.165, 1.54) is 12.0 Å². The summed E-state index contributed by atoms with van der Waals surface area (Å²) in [5.74, 6) is 0.778. The summed E-state index contributed by atoms with van der Waals surface area (Å²) in [7, 11) is 0. The molecule has 0 radical (unpaired) electrons. The quantitative estimate of drug-likeness (QED) is 0.875. The van der Waals surface area contributed by atoms with Crippen LogP contribution in [-0.4, -0.2) is 18.0 Å². The number of hydrogen-bond donors (Lipinski definition) is 2. The average Bonchev–Trinajstić information content (AvgIpc) is 2.94. The third-order valence-electron chi connectivity index (χ3n) is 5.38. The predicted octanol–water partition coefficient (Wildman–Crippen LogP) is 3.06. The highest BCUT2D eigenvalue weighted by molar-refractivity contribution is 5.85. The zero-order valence-corrected chi connectivity index (χ0v) is 13.9. The lowest BCUT2D eigenvalue weighted by molar-refractivity contribution is -0.129. The summed E-state index contributed by atoms with van der Waals surface area (Å²) < 4.78 is 0. The maximum Gasteiger partial charge on any atom is 0.223 e. The molecule has 1 amide bonds. The van der Waals surface area contributed by atoms with Gasteiger partial charge in [-0.2, -0.15) is 0 Å². The summed E-state index contributed by atoms with van der Waals surface area (Å²) in [5.41, 5.74) is 7.13. The van der Waals surface area contributed by atoms with Gasteiger partial charge in [-0.05, 0) is 56.6 Å². The fraction of sp³-hybridized carbons (Fsp3) is 0.611. The summed E-state index contributed by atoms with van der Waals surface area (Å²) in [4.78, 5) is 12.6. The van der Waals surface area contributed by atoms with E-state index in [2.05, 4.69) is 29.6 Å². The topological polar surface area (TPSA) is 55.1 Å². The van der Waals surface area contributed by atoms with Gasteiger partial charge in [0.15, 0.2) is 0 Å². The van der Waals surface area contributed by atoms with Crippen LogP contribution in [0.25, 0.3) is 0 Å². The predicted molar refractivity (Wildman–Crippen MR) is 92.0 cm³/mol. The van der Waals surface area contributed by atoms with Crippen LogP contribution >= 0.6 is 12.4 Å². The number of benzene rings is 1. The summed E-state index contributed by atoms with van der Waals surface area (Å²) >= 11 is 0. The Morgan fingerprint density at radius 3 is 2.50 bits per heavy atom. The molecular formula is C18H27ClN2O. The van der Waals surface area contributed by atoms with Gasteiger partial charge >= 0.3 is 0 Å². The molecule has 2 atom stereocenters. The van der Waals surface area contributed by atoms with Crippen molar-refractivity contribution >= 4 is 18.3 Å². The first kappa shape index (κ1) is 17.3. The molecule has 0 saturated heterocycles. The highest BCUT2D eigenvalue weighted by Crippen LogP contribution is 2.37. The van der Waals surface area contributed by atoms with Crippen molar-refractivity contribution in [1.29, 1.82) is 0 Å². The molecule has 2 aliphatic rings. The van der Waals surface area contributed by atoms with Crippen molar-refractivity contribution in [3.63, 3.8) is 0 Å². The number of amides is 1. The fourth-order valence-electron chi connectivity index (χ4n) is 3.95. The van der Waals surface area contributed by atoms with E-state index in [0.29, 0.717) is 12.5 Å². The molecule has 3 rings (SSSR count). The molecule has 3 nitrogen and oxygen atoms in total. The van der Waals surface area contributed by atoms with E-state index < -0.39 is 0 Å². The van der Waals surface area contributed by atoms with Crippen LogP contribution < -0.4 is 11.1 Å². The monoisotopic (exact) mass is 322 g/mol. The molecule has 2 fully saturated rings. The number of hydrogen-bond acceptors (Lipinski definition) is 2. The van der Waals surface area contributed by atoms with Crippen LogP contribution in [0.5, 0.6) is 0 Å². The van der Waals surface area contributed by atoms with Crippen molar-refractivity contribution in [2.45, 2.75) is 50.5 Å². The highest BCUT2D eigenvalue weighted by Gasteiger charge is 2.41. The second-order valence-electron chi connectivity index (χ2n) is 6.82. The largest absolute Gasteiger partial charge is 0.350 e. The first-order valence-electron chi connectivity index (χ1n) is 8.28. The zero-order valence-electron chi connectivity index (χ0n) is 13.1. The molecule has 0 spiro atoms. The van der Waals surface area contributed by atoms with Gasteiger partial charge in [0, 0.05) is 11.5 Å². The fourth-order valence-corrected chi connectivity index (χ4v) is 3.95. The third-order valence-corrected chi connectivity index (χ3v) is 5.38. The van der Waals surface area contributed by atoms with Crippen molar-refractivity contribution in [3.05, 3.63) is 35.9 Å². The molecule has 1 aromatic carbocycles. The Kier molecular flexibility index (Phi) is 5.87. The molecule has 0 bridgehead atoms. The molecule has 1 aromatic rings. The molecule has 0 heterocycles. The Labute approximate surface area is 139 Å². The van der Waals surface area contributed by atoms with Crippen molar-refractivity contribution in [3.8, 4) is 0 Å². The maximum atomic E-state index is 12.6. The van der Waals surface area contributed by atoms with Gasteiger partial charge in [-0.25, -0.2) is 0 Å². The van der Waals surface area contributed by atoms with E-state index in [-0.39, 0.29) is 29.8 Å². The van der Waals surface area contributed by atoms with Gasteiger partial charge in [0.1, 0.15) is 0 Å². The van der Waals surface area contributed by atoms with Crippen LogP contribution in [0, 0.1) is 11.8 Å². The Hall–Kier alpha value is -1.06. The van der Waals surface area contributed by atoms with Gasteiger partial charge in [-0.1, -0.05) is 36.8 Å². The van der Waals surface area contributed by atoms with Crippen LogP contribution in [0.1, 0.15) is 44.1 Å². The number of halogens is 1. The van der Waals surface area contributed by atoms with Crippen LogP contribution in [0.15, 0.2) is 30.3 Å². The third kappa shape index (κ3) is 3.64. The lowest BCUT2D eigenvalue weighted by Gasteiger charge is -2.44. The molecule has 4 heteroatoms. The summed E-state index contributed by atoms with van der Waals surface area (Å²) in [5, 5.41) is 3.39. The van der Waals surface area contributed by atoms with Crippen LogP contribution in [0.4, 0.5) is 0 Å². The summed E-state index contributed by atoms with van der Waals surface area (Å²) in [6.45, 7) is 0.643. The standard InChI is InChI=1S/C18H26N2O.ClH/c19-13-15-8-4-9-16(15)17(21)20-18(10-5-11-18)12-14-6-2-1-3-7-14;/h1-3,6-7,15-16H,4-5,8-13,19H2,(H,20,21);1H/t15-,16-;/m1./s1. The molecule has 3 N–H and O–H groups in total. The summed E-state index contributed by atoms with van der Waals surface area (Å²) in [6.07, 6.45) is 7.65. The second-order valence-corrected chi connectivity index (χ2v) is 6.82. The highest BCUT2D eigenvalue weighted by atomic mass is 35.5. The van der Waals surface area contributed by atoms with Crippen LogP contribution in [0.3, 0.4) is 0 Å². The van der Waals surface area contributed by atoms with E-state index in [4.69, 9.17) is 5.73 Å². The van der Waals surface area contributed by atoms with Gasteiger partial charge < -0.3 is 11.1 Å². The minimum atomic E-state index is 0. The average molecular weight is 323 g/mol. The first-order valence-corrected chi connectivity index (χ1v) is 8.28. The molecule has 2 saturated carbocycles. The number of nitrogens with two attached hydrogens (primary N) is 1. The van der Waals surface area contributed by atoms with Crippen molar-refractivity contribution in [2.24, 2.45) is 17.6 Å². The van der Waals surface area contributed by atoms with Gasteiger partial charge in [0.25, 0.3) is 0 Å². The smallest absolute Gasteiger partial charge is 0.223 e. The SMILES string of the molecule is Cl.NC[C@H]1CCC[C@H]1C(=O)NC1(Cc2ccccc2)CCC1. The van der Waals surface area contributed by atoms with E-state index in [1.807, 2.05) is 6.07 Å². The van der Waals surface area contributed by atoms with E-state index in [1.54, 1.807) is 0 Å². The van der Waals surface area contributed by atoms with E-state index in [0.717, 1.165) is 38.5 Å². The molecule has 0 aromatic heterocycles. The van der Waals surface area contributed by atoms with E-state index >= 15 is 0 Å². The number of carbonyl (C=O) groups is 1. The Bertz CT molecular complexity index is 487. The van der Waals surface area contributed by atoms with Gasteiger partial charge in [-0.3, -0.25) is 4.79 Å². The van der Waals surface area contributed by atoms with Crippen molar-refractivity contribution in [2.75, 3.05) is 6.54 Å². The summed E-state index contributed by atoms with van der Waals surface area (Å²) in [6, 6.07) is 10.5. The minimum absolute atomic E-state index is 0. The normalized spacial score (nSPS) is 25.9. The number of rotatable bonds is 5. The van der Waals surface area contributed by atoms with Crippen molar-refractivity contribution in [1.82, 2.24) is 5.32 Å². The lowest BCUT2D eigenvalue weighted by Crippen LogP contribution is -2.56. The molecular weight excluding hydrogens is 296 g/mol. The van der Waals surface area contributed by atoms with Gasteiger partial charge in [-0.15, -0.1) is 12.4 Å². The Morgan fingerprint density at radius 2 is 1.91 bits per heavy atom. The Balaban J connectivity index is 0.00000176. The molecule has 2 aliphatic carbocycles. The van der Waals surface area contributed by atoms with Gasteiger partial charge in [0.2, 0.25) is 5.91 Å². The molecule has 22 heavy (non-hydrogen) atoms. The number of nitrogens with one attached hydrogen (secondary N) is 1. The Morgan fingerprint density at radius 1 is 1.18 bits per heavy atom. The zero-order chi connectivity index (χ0) is 14.7. The minimum Gasteiger partial charge on any atom is -0.350 e. The van der Waals surface area contributed by atoms with Gasteiger partial charge in [0.05, 0.1) is 0 Å². The molecule has 0 unspecified atom stereocenters. The van der Waals surface area contributed by atoms with Crippen molar-refractivity contribution < 1.29 is 4.79 Å². The first-order chi connectivity index (χ1) is 10.2. The molecule has 0 aliphatic heterocycles. The van der Waals surface area contributed by atoms with Crippen LogP contribution in [-0.2, 0) is 11.2 Å². The van der Waals surface area contributed by atoms with Crippen LogP contribution in [0.2, 0.25) is 0 Å². The number of carbonyl (C=O) groups excluding carboxylic acids is 1.